The third-order valence-corrected chi connectivity index (χ3v) is 5.52. The first-order chi connectivity index (χ1) is 11.3. The van der Waals surface area contributed by atoms with E-state index in [0.29, 0.717) is 17.7 Å². The third-order valence-electron chi connectivity index (χ3n) is 5.52. The van der Waals surface area contributed by atoms with Gasteiger partial charge in [-0.15, -0.1) is 17.5 Å². The van der Waals surface area contributed by atoms with E-state index in [4.69, 9.17) is 0 Å². The van der Waals surface area contributed by atoms with Crippen LogP contribution in [-0.2, 0) is 0 Å². The van der Waals surface area contributed by atoms with Gasteiger partial charge in [0.2, 0.25) is 0 Å². The molecule has 0 unspecified atom stereocenters. The number of halogens is 1. The predicted molar refractivity (Wildman–Crippen MR) is 96.5 cm³/mol. The average Bonchev–Trinajstić information content (AvgIpc) is 3.11. The lowest BCUT2D eigenvalue weighted by Gasteiger charge is -2.27. The quantitative estimate of drug-likeness (QED) is 0.851. The maximum Gasteiger partial charge on any atom is 0.273 e. The highest BCUT2D eigenvalue weighted by molar-refractivity contribution is 5.91. The molecule has 0 aromatic carbocycles. The Hall–Kier alpha value is -1.14. The molecule has 2 fully saturated rings. The molecule has 136 valence electrons. The van der Waals surface area contributed by atoms with Crippen molar-refractivity contribution < 1.29 is 4.79 Å². The van der Waals surface area contributed by atoms with Crippen LogP contribution in [0.2, 0.25) is 0 Å². The smallest absolute Gasteiger partial charge is 0.273 e. The van der Waals surface area contributed by atoms with E-state index in [1.807, 2.05) is 4.68 Å². The van der Waals surface area contributed by atoms with Crippen LogP contribution in [0.25, 0.3) is 0 Å². The first-order valence-corrected chi connectivity index (χ1v) is 9.17. The third kappa shape index (κ3) is 4.93. The Kier molecular flexibility index (Phi) is 7.49. The second-order valence-electron chi connectivity index (χ2n) is 7.07. The van der Waals surface area contributed by atoms with Gasteiger partial charge in [-0.2, -0.15) is 0 Å². The van der Waals surface area contributed by atoms with E-state index in [-0.39, 0.29) is 18.3 Å². The number of rotatable bonds is 5. The lowest BCUT2D eigenvalue weighted by molar-refractivity contribution is 0.0936. The Morgan fingerprint density at radius 3 is 2.54 bits per heavy atom. The molecule has 0 atom stereocenters. The molecule has 6 nitrogen and oxygen atoms in total. The average molecular weight is 356 g/mol. The van der Waals surface area contributed by atoms with Gasteiger partial charge in [0.1, 0.15) is 0 Å². The van der Waals surface area contributed by atoms with E-state index in [9.17, 15) is 4.79 Å². The molecule has 3 rings (SSSR count). The van der Waals surface area contributed by atoms with E-state index < -0.39 is 0 Å². The summed E-state index contributed by atoms with van der Waals surface area (Å²) >= 11 is 0. The standard InChI is InChI=1S/C17H29N5O.ClH/c1-2-13-3-5-14(6-4-13)11-19-17(23)16-12-22(21-20-16)15-7-9-18-10-8-15;/h12-15,18H,2-11H2,1H3,(H,19,23);1H. The Labute approximate surface area is 150 Å². The normalized spacial score (nSPS) is 25.0. The minimum Gasteiger partial charge on any atom is -0.350 e. The van der Waals surface area contributed by atoms with Crippen LogP contribution < -0.4 is 10.6 Å². The SMILES string of the molecule is CCC1CCC(CNC(=O)c2cn(C3CCNCC3)nn2)CC1.Cl. The van der Waals surface area contributed by atoms with Crippen LogP contribution in [-0.4, -0.2) is 40.5 Å². The number of aromatic nitrogens is 3. The van der Waals surface area contributed by atoms with Crippen molar-refractivity contribution in [1.82, 2.24) is 25.6 Å². The van der Waals surface area contributed by atoms with Crippen LogP contribution in [0, 0.1) is 11.8 Å². The number of carbonyl (C=O) groups is 1. The number of amides is 1. The molecule has 1 amide bonds. The highest BCUT2D eigenvalue weighted by Crippen LogP contribution is 2.30. The lowest BCUT2D eigenvalue weighted by atomic mass is 9.81. The zero-order valence-corrected chi connectivity index (χ0v) is 15.4. The molecule has 1 saturated carbocycles. The van der Waals surface area contributed by atoms with Crippen molar-refractivity contribution in [2.24, 2.45) is 11.8 Å². The lowest BCUT2D eigenvalue weighted by Crippen LogP contribution is -2.31. The number of nitrogens with zero attached hydrogens (tertiary/aromatic N) is 3. The highest BCUT2D eigenvalue weighted by Gasteiger charge is 2.22. The Bertz CT molecular complexity index is 507. The van der Waals surface area contributed by atoms with Gasteiger partial charge in [0.05, 0.1) is 12.2 Å². The molecule has 1 saturated heterocycles. The molecule has 2 heterocycles. The number of carbonyl (C=O) groups excluding carboxylic acids is 1. The van der Waals surface area contributed by atoms with Gasteiger partial charge < -0.3 is 10.6 Å². The van der Waals surface area contributed by atoms with Gasteiger partial charge in [0, 0.05) is 6.54 Å². The predicted octanol–water partition coefficient (Wildman–Crippen LogP) is 2.57. The number of nitrogens with one attached hydrogen (secondary N) is 2. The van der Waals surface area contributed by atoms with Crippen molar-refractivity contribution in [3.05, 3.63) is 11.9 Å². The fourth-order valence-corrected chi connectivity index (χ4v) is 3.80. The molecule has 0 spiro atoms. The van der Waals surface area contributed by atoms with E-state index in [2.05, 4.69) is 27.9 Å². The van der Waals surface area contributed by atoms with Crippen molar-refractivity contribution in [2.45, 2.75) is 57.9 Å². The molecule has 1 aromatic rings. The Balaban J connectivity index is 0.00000208. The van der Waals surface area contributed by atoms with E-state index in [1.54, 1.807) is 6.20 Å². The Morgan fingerprint density at radius 2 is 1.88 bits per heavy atom. The number of piperidine rings is 1. The second kappa shape index (κ2) is 9.37. The fourth-order valence-electron chi connectivity index (χ4n) is 3.80. The first kappa shape index (κ1) is 19.2. The summed E-state index contributed by atoms with van der Waals surface area (Å²) in [7, 11) is 0. The second-order valence-corrected chi connectivity index (χ2v) is 7.07. The van der Waals surface area contributed by atoms with Crippen LogP contribution >= 0.6 is 12.4 Å². The summed E-state index contributed by atoms with van der Waals surface area (Å²) in [5.41, 5.74) is 0.450. The summed E-state index contributed by atoms with van der Waals surface area (Å²) in [6, 6.07) is 0.370. The van der Waals surface area contributed by atoms with Crippen LogP contribution in [0.15, 0.2) is 6.20 Å². The molecule has 24 heavy (non-hydrogen) atoms. The van der Waals surface area contributed by atoms with Gasteiger partial charge in [-0.25, -0.2) is 4.68 Å². The van der Waals surface area contributed by atoms with Crippen molar-refractivity contribution >= 4 is 18.3 Å². The molecule has 2 N–H and O–H groups in total. The summed E-state index contributed by atoms with van der Waals surface area (Å²) in [5, 5.41) is 14.6. The van der Waals surface area contributed by atoms with Gasteiger partial charge in [-0.05, 0) is 50.6 Å². The molecule has 7 heteroatoms. The van der Waals surface area contributed by atoms with Crippen molar-refractivity contribution in [3.8, 4) is 0 Å². The Morgan fingerprint density at radius 1 is 1.21 bits per heavy atom. The fraction of sp³-hybridized carbons (Fsp3) is 0.824. The summed E-state index contributed by atoms with van der Waals surface area (Å²) in [6.07, 6.45) is 10.3. The summed E-state index contributed by atoms with van der Waals surface area (Å²) in [5.74, 6) is 1.44. The number of hydrogen-bond acceptors (Lipinski definition) is 4. The van der Waals surface area contributed by atoms with Crippen LogP contribution in [0.3, 0.4) is 0 Å². The van der Waals surface area contributed by atoms with Crippen LogP contribution in [0.4, 0.5) is 0 Å². The largest absolute Gasteiger partial charge is 0.350 e. The zero-order valence-electron chi connectivity index (χ0n) is 14.5. The van der Waals surface area contributed by atoms with Gasteiger partial charge in [0.15, 0.2) is 5.69 Å². The maximum absolute atomic E-state index is 12.3. The van der Waals surface area contributed by atoms with Crippen LogP contribution in [0.5, 0.6) is 0 Å². The maximum atomic E-state index is 12.3. The molecule has 1 aliphatic carbocycles. The number of hydrogen-bond donors (Lipinski definition) is 2. The zero-order chi connectivity index (χ0) is 16.1. The van der Waals surface area contributed by atoms with E-state index in [1.165, 1.54) is 32.1 Å². The molecular formula is C17H30ClN5O. The van der Waals surface area contributed by atoms with Crippen molar-refractivity contribution in [2.75, 3.05) is 19.6 Å². The van der Waals surface area contributed by atoms with Crippen molar-refractivity contribution in [3.63, 3.8) is 0 Å². The molecular weight excluding hydrogens is 326 g/mol. The van der Waals surface area contributed by atoms with E-state index in [0.717, 1.165) is 38.4 Å². The monoisotopic (exact) mass is 355 g/mol. The van der Waals surface area contributed by atoms with Gasteiger partial charge in [0.25, 0.3) is 5.91 Å². The van der Waals surface area contributed by atoms with Gasteiger partial charge in [-0.1, -0.05) is 31.4 Å². The molecule has 0 radical (unpaired) electrons. The minimum absolute atomic E-state index is 0. The molecule has 1 aliphatic heterocycles. The molecule has 2 aliphatic rings. The molecule has 1 aromatic heterocycles. The van der Waals surface area contributed by atoms with Crippen LogP contribution in [0.1, 0.15) is 68.4 Å². The highest BCUT2D eigenvalue weighted by atomic mass is 35.5. The summed E-state index contributed by atoms with van der Waals surface area (Å²) < 4.78 is 1.86. The summed E-state index contributed by atoms with van der Waals surface area (Å²) in [6.45, 7) is 5.06. The minimum atomic E-state index is -0.0807. The van der Waals surface area contributed by atoms with Gasteiger partial charge >= 0.3 is 0 Å². The summed E-state index contributed by atoms with van der Waals surface area (Å²) in [4.78, 5) is 12.3. The first-order valence-electron chi connectivity index (χ1n) is 9.17. The van der Waals surface area contributed by atoms with Crippen molar-refractivity contribution in [1.29, 1.82) is 0 Å². The van der Waals surface area contributed by atoms with Gasteiger partial charge in [-0.3, -0.25) is 4.79 Å². The topological polar surface area (TPSA) is 71.8 Å². The van der Waals surface area contributed by atoms with E-state index >= 15 is 0 Å². The molecule has 0 bridgehead atoms.